The van der Waals surface area contributed by atoms with E-state index >= 15 is 0 Å². The topological polar surface area (TPSA) is 90.9 Å². The summed E-state index contributed by atoms with van der Waals surface area (Å²) < 4.78 is 17.0. The number of unbranched alkanes of at least 4 members (excludes halogenated alkanes) is 2. The minimum Gasteiger partial charge on any atom is -0.456 e. The highest BCUT2D eigenvalue weighted by molar-refractivity contribution is 5.94. The van der Waals surface area contributed by atoms with Gasteiger partial charge in [-0.25, -0.2) is 9.59 Å². The molecule has 1 amide bonds. The number of esters is 2. The van der Waals surface area contributed by atoms with Crippen molar-refractivity contribution in [2.75, 3.05) is 6.61 Å². The molecule has 7 heteroatoms. The molecule has 0 aliphatic rings. The van der Waals surface area contributed by atoms with Gasteiger partial charge in [-0.15, -0.1) is 0 Å². The molecule has 1 rings (SSSR count). The van der Waals surface area contributed by atoms with E-state index in [-0.39, 0.29) is 23.1 Å². The number of carbonyl (C=O) groups excluding carboxylic acids is 3. The molecule has 0 radical (unpaired) electrons. The van der Waals surface area contributed by atoms with Crippen LogP contribution in [0.1, 0.15) is 123 Å². The van der Waals surface area contributed by atoms with Gasteiger partial charge in [0.15, 0.2) is 0 Å². The highest BCUT2D eigenvalue weighted by atomic mass is 16.6. The summed E-state index contributed by atoms with van der Waals surface area (Å²) in [6.45, 7) is 13.7. The van der Waals surface area contributed by atoms with Crippen LogP contribution < -0.4 is 10.1 Å². The van der Waals surface area contributed by atoms with Crippen molar-refractivity contribution in [1.29, 1.82) is 0 Å². The number of hydrogen-bond donors (Lipinski definition) is 1. The van der Waals surface area contributed by atoms with Crippen molar-refractivity contribution in [3.05, 3.63) is 90.6 Å². The van der Waals surface area contributed by atoms with Gasteiger partial charge in [-0.05, 0) is 103 Å². The van der Waals surface area contributed by atoms with Crippen LogP contribution in [0.3, 0.4) is 0 Å². The van der Waals surface area contributed by atoms with Gasteiger partial charge in [-0.1, -0.05) is 101 Å². The van der Waals surface area contributed by atoms with Crippen LogP contribution in [0.5, 0.6) is 5.75 Å². The third kappa shape index (κ3) is 20.5. The van der Waals surface area contributed by atoms with E-state index in [9.17, 15) is 14.4 Å². The first-order chi connectivity index (χ1) is 23.0. The fourth-order valence-corrected chi connectivity index (χ4v) is 4.52. The fraction of sp³-hybridized carbons (Fsp3) is 0.537. The standard InChI is InChI=1S/C41H61NO6/c1-8-10-11-12-13-14-15-16-17-18-19-20-21-22-23-24-25-28-31-46-36(9-2)38(43)42-35(32-33(3)4)40(45)47-37-30-27-26-29-34(37)39(44)48-41(5,6)7/h10-11,13-14,16-17,19-20,22-23,26-27,29-30,33,35-36H,8-9,12,15,18,21,24-25,28,31-32H2,1-7H3,(H,42,43)/b11-10-,14-13-,17-16-,20-19-,23-22-. The van der Waals surface area contributed by atoms with Crippen LogP contribution in [-0.2, 0) is 19.1 Å². The number of para-hydroxylation sites is 1. The van der Waals surface area contributed by atoms with E-state index < -0.39 is 29.7 Å². The van der Waals surface area contributed by atoms with Crippen molar-refractivity contribution in [1.82, 2.24) is 5.32 Å². The fourth-order valence-electron chi connectivity index (χ4n) is 4.52. The van der Waals surface area contributed by atoms with E-state index in [1.165, 1.54) is 0 Å². The van der Waals surface area contributed by atoms with Crippen molar-refractivity contribution in [3.63, 3.8) is 0 Å². The summed E-state index contributed by atoms with van der Waals surface area (Å²) in [5.41, 5.74) is -0.553. The molecule has 0 bridgehead atoms. The monoisotopic (exact) mass is 663 g/mol. The third-order valence-electron chi connectivity index (χ3n) is 6.93. The smallest absolute Gasteiger partial charge is 0.342 e. The molecule has 0 aliphatic heterocycles. The average molecular weight is 664 g/mol. The molecular formula is C41H61NO6. The van der Waals surface area contributed by atoms with Gasteiger partial charge in [0.05, 0.1) is 0 Å². The number of ether oxygens (including phenoxy) is 3. The second kappa shape index (κ2) is 25.3. The molecule has 1 N–H and O–H groups in total. The van der Waals surface area contributed by atoms with Crippen molar-refractivity contribution < 1.29 is 28.6 Å². The zero-order valence-electron chi connectivity index (χ0n) is 30.5. The number of benzene rings is 1. The summed E-state index contributed by atoms with van der Waals surface area (Å²) in [5.74, 6) is -1.37. The maximum Gasteiger partial charge on any atom is 0.342 e. The summed E-state index contributed by atoms with van der Waals surface area (Å²) in [5, 5.41) is 2.84. The minimum absolute atomic E-state index is 0.0931. The lowest BCUT2D eigenvalue weighted by Crippen LogP contribution is -2.48. The molecule has 1 aromatic carbocycles. The molecule has 0 saturated carbocycles. The summed E-state index contributed by atoms with van der Waals surface area (Å²) in [6.07, 6.45) is 29.8. The van der Waals surface area contributed by atoms with Crippen LogP contribution in [-0.4, -0.2) is 42.2 Å². The Balaban J connectivity index is 2.47. The van der Waals surface area contributed by atoms with Crippen LogP contribution in [0.2, 0.25) is 0 Å². The number of nitrogens with one attached hydrogen (secondary N) is 1. The van der Waals surface area contributed by atoms with Gasteiger partial charge in [0.1, 0.15) is 29.1 Å². The SMILES string of the molecule is CC/C=C\C/C=C\C/C=C\C/C=C\C/C=C\CCCCOC(CC)C(=O)NC(CC(C)C)C(=O)Oc1ccccc1C(=O)OC(C)(C)C. The van der Waals surface area contributed by atoms with Crippen molar-refractivity contribution in [2.45, 2.75) is 130 Å². The van der Waals surface area contributed by atoms with E-state index in [0.29, 0.717) is 19.4 Å². The van der Waals surface area contributed by atoms with Crippen LogP contribution in [0.25, 0.3) is 0 Å². The normalized spacial score (nSPS) is 13.8. The lowest BCUT2D eigenvalue weighted by atomic mass is 10.0. The van der Waals surface area contributed by atoms with Crippen LogP contribution in [0, 0.1) is 5.92 Å². The predicted molar refractivity (Wildman–Crippen MR) is 197 cm³/mol. The maximum atomic E-state index is 13.2. The lowest BCUT2D eigenvalue weighted by molar-refractivity contribution is -0.143. The molecule has 2 unspecified atom stereocenters. The molecule has 0 aromatic heterocycles. The first-order valence-corrected chi connectivity index (χ1v) is 17.7. The molecule has 48 heavy (non-hydrogen) atoms. The second-order valence-corrected chi connectivity index (χ2v) is 13.1. The van der Waals surface area contributed by atoms with E-state index in [2.05, 4.69) is 73.0 Å². The zero-order chi connectivity index (χ0) is 35.6. The number of allylic oxidation sites excluding steroid dienone is 10. The van der Waals surface area contributed by atoms with E-state index in [4.69, 9.17) is 14.2 Å². The molecular weight excluding hydrogens is 602 g/mol. The van der Waals surface area contributed by atoms with Crippen molar-refractivity contribution >= 4 is 17.8 Å². The molecule has 0 fully saturated rings. The Kier molecular flexibility index (Phi) is 22.3. The van der Waals surface area contributed by atoms with Crippen LogP contribution >= 0.6 is 0 Å². The van der Waals surface area contributed by atoms with Gasteiger partial charge in [0.2, 0.25) is 5.91 Å². The van der Waals surface area contributed by atoms with Gasteiger partial charge >= 0.3 is 11.9 Å². The highest BCUT2D eigenvalue weighted by Crippen LogP contribution is 2.23. The Morgan fingerprint density at radius 2 is 1.35 bits per heavy atom. The second-order valence-electron chi connectivity index (χ2n) is 13.1. The summed E-state index contributed by atoms with van der Waals surface area (Å²) >= 11 is 0. The molecule has 0 spiro atoms. The molecule has 0 aliphatic carbocycles. The molecule has 2 atom stereocenters. The first-order valence-electron chi connectivity index (χ1n) is 17.7. The van der Waals surface area contributed by atoms with Crippen molar-refractivity contribution in [3.8, 4) is 5.75 Å². The average Bonchev–Trinajstić information content (AvgIpc) is 3.02. The molecule has 1 aromatic rings. The van der Waals surface area contributed by atoms with Crippen molar-refractivity contribution in [2.24, 2.45) is 5.92 Å². The Morgan fingerprint density at radius 3 is 1.90 bits per heavy atom. The third-order valence-corrected chi connectivity index (χ3v) is 6.93. The number of rotatable bonds is 23. The zero-order valence-corrected chi connectivity index (χ0v) is 30.5. The summed E-state index contributed by atoms with van der Waals surface area (Å²) in [4.78, 5) is 39.1. The van der Waals surface area contributed by atoms with Gasteiger partial charge < -0.3 is 19.5 Å². The Labute approximate surface area is 290 Å². The Bertz CT molecular complexity index is 1220. The number of amides is 1. The Morgan fingerprint density at radius 1 is 0.792 bits per heavy atom. The number of carbonyl (C=O) groups is 3. The molecule has 0 saturated heterocycles. The molecule has 266 valence electrons. The van der Waals surface area contributed by atoms with E-state index in [1.54, 1.807) is 45.0 Å². The van der Waals surface area contributed by atoms with Gasteiger partial charge in [-0.3, -0.25) is 4.79 Å². The van der Waals surface area contributed by atoms with Gasteiger partial charge in [0.25, 0.3) is 0 Å². The lowest BCUT2D eigenvalue weighted by Gasteiger charge is -2.23. The summed E-state index contributed by atoms with van der Waals surface area (Å²) in [6, 6.07) is 5.56. The van der Waals surface area contributed by atoms with Crippen LogP contribution in [0.4, 0.5) is 0 Å². The van der Waals surface area contributed by atoms with Gasteiger partial charge in [0, 0.05) is 6.61 Å². The molecule has 0 heterocycles. The van der Waals surface area contributed by atoms with E-state index in [1.807, 2.05) is 20.8 Å². The summed E-state index contributed by atoms with van der Waals surface area (Å²) in [7, 11) is 0. The molecule has 7 nitrogen and oxygen atoms in total. The first kappa shape index (κ1) is 42.3. The quantitative estimate of drug-likeness (QED) is 0.0543. The number of hydrogen-bond acceptors (Lipinski definition) is 6. The largest absolute Gasteiger partial charge is 0.456 e. The Hall–Kier alpha value is -3.71. The van der Waals surface area contributed by atoms with E-state index in [0.717, 1.165) is 51.4 Å². The highest BCUT2D eigenvalue weighted by Gasteiger charge is 2.29. The van der Waals surface area contributed by atoms with Gasteiger partial charge in [-0.2, -0.15) is 0 Å². The minimum atomic E-state index is -0.892. The maximum absolute atomic E-state index is 13.2. The van der Waals surface area contributed by atoms with Crippen LogP contribution in [0.15, 0.2) is 85.0 Å². The predicted octanol–water partition coefficient (Wildman–Crippen LogP) is 9.80.